The lowest BCUT2D eigenvalue weighted by atomic mass is 10.0. The fourth-order valence-electron chi connectivity index (χ4n) is 2.21. The molecule has 0 amide bonds. The Labute approximate surface area is 125 Å². The molecule has 3 heteroatoms. The van der Waals surface area contributed by atoms with E-state index >= 15 is 0 Å². The molecule has 2 rings (SSSR count). The molecule has 0 heterocycles. The smallest absolute Gasteiger partial charge is 0.186 e. The van der Waals surface area contributed by atoms with Crippen LogP contribution in [0.15, 0.2) is 47.3 Å². The van der Waals surface area contributed by atoms with Crippen LogP contribution < -0.4 is 14.9 Å². The molecule has 0 unspecified atom stereocenters. The minimum atomic E-state index is -0.00544. The van der Waals surface area contributed by atoms with Crippen molar-refractivity contribution in [1.82, 2.24) is 0 Å². The molecule has 0 saturated carbocycles. The van der Waals surface area contributed by atoms with Gasteiger partial charge in [-0.2, -0.15) is 0 Å². The van der Waals surface area contributed by atoms with Crippen LogP contribution in [0.1, 0.15) is 25.3 Å². The molecule has 0 radical (unpaired) electrons. The Morgan fingerprint density at radius 2 is 1.62 bits per heavy atom. The van der Waals surface area contributed by atoms with Crippen LogP contribution in [0.4, 0.5) is 0 Å². The highest BCUT2D eigenvalue weighted by Crippen LogP contribution is 2.31. The normalized spacial score (nSPS) is 10.5. The second-order valence-electron chi connectivity index (χ2n) is 5.17. The predicted octanol–water partition coefficient (Wildman–Crippen LogP) is 3.85. The molecular formula is C18H20O3. The minimum absolute atomic E-state index is 0.00544. The summed E-state index contributed by atoms with van der Waals surface area (Å²) in [6.45, 7) is 4.22. The summed E-state index contributed by atoms with van der Waals surface area (Å²) in [5, 5.41) is 0. The molecule has 2 aromatic rings. The lowest BCUT2D eigenvalue weighted by molar-refractivity contribution is 0.355. The van der Waals surface area contributed by atoms with Gasteiger partial charge in [0.25, 0.3) is 0 Å². The molecule has 0 N–H and O–H groups in total. The average Bonchev–Trinajstić information content (AvgIpc) is 2.68. The van der Waals surface area contributed by atoms with E-state index in [0.29, 0.717) is 23.0 Å². The van der Waals surface area contributed by atoms with Crippen molar-refractivity contribution in [3.05, 3.63) is 58.3 Å². The molecule has 110 valence electrons. The van der Waals surface area contributed by atoms with E-state index < -0.39 is 0 Å². The zero-order valence-electron chi connectivity index (χ0n) is 12.8. The molecule has 0 aliphatic carbocycles. The largest absolute Gasteiger partial charge is 0.493 e. The van der Waals surface area contributed by atoms with Crippen molar-refractivity contribution in [2.75, 3.05) is 14.2 Å². The first-order valence-electron chi connectivity index (χ1n) is 6.93. The number of benzene rings is 1. The Morgan fingerprint density at radius 1 is 0.905 bits per heavy atom. The number of hydrogen-bond acceptors (Lipinski definition) is 3. The Balaban J connectivity index is 2.64. The molecule has 0 atom stereocenters. The first-order chi connectivity index (χ1) is 10.1. The molecule has 2 aromatic carbocycles. The van der Waals surface area contributed by atoms with Crippen molar-refractivity contribution < 1.29 is 9.47 Å². The third kappa shape index (κ3) is 3.24. The van der Waals surface area contributed by atoms with Crippen LogP contribution in [0.5, 0.6) is 11.5 Å². The molecule has 0 aliphatic heterocycles. The molecule has 0 fully saturated rings. The van der Waals surface area contributed by atoms with Crippen LogP contribution in [-0.2, 0) is 0 Å². The summed E-state index contributed by atoms with van der Waals surface area (Å²) in [6.07, 6.45) is 0. The van der Waals surface area contributed by atoms with Gasteiger partial charge >= 0.3 is 0 Å². The lowest BCUT2D eigenvalue weighted by Crippen LogP contribution is -2.00. The highest BCUT2D eigenvalue weighted by atomic mass is 16.5. The number of hydrogen-bond donors (Lipinski definition) is 0. The third-order valence-corrected chi connectivity index (χ3v) is 3.47. The summed E-state index contributed by atoms with van der Waals surface area (Å²) in [5.41, 5.74) is 2.62. The second kappa shape index (κ2) is 6.44. The Bertz CT molecular complexity index is 690. The van der Waals surface area contributed by atoms with E-state index in [9.17, 15) is 4.79 Å². The zero-order valence-corrected chi connectivity index (χ0v) is 12.8. The maximum atomic E-state index is 12.3. The average molecular weight is 284 g/mol. The number of methoxy groups -OCH3 is 2. The van der Waals surface area contributed by atoms with Crippen molar-refractivity contribution in [3.8, 4) is 22.6 Å². The van der Waals surface area contributed by atoms with Gasteiger partial charge < -0.3 is 9.47 Å². The fourth-order valence-corrected chi connectivity index (χ4v) is 2.21. The van der Waals surface area contributed by atoms with Crippen molar-refractivity contribution in [2.45, 2.75) is 19.8 Å². The van der Waals surface area contributed by atoms with Gasteiger partial charge in [0.15, 0.2) is 16.9 Å². The van der Waals surface area contributed by atoms with Gasteiger partial charge in [0.05, 0.1) is 14.2 Å². The first kappa shape index (κ1) is 15.1. The molecule has 21 heavy (non-hydrogen) atoms. The lowest BCUT2D eigenvalue weighted by Gasteiger charge is -2.09. The van der Waals surface area contributed by atoms with Gasteiger partial charge in [-0.15, -0.1) is 0 Å². The summed E-state index contributed by atoms with van der Waals surface area (Å²) >= 11 is 0. The molecule has 0 bridgehead atoms. The Morgan fingerprint density at radius 3 is 2.24 bits per heavy atom. The van der Waals surface area contributed by atoms with Crippen LogP contribution in [-0.4, -0.2) is 14.2 Å². The van der Waals surface area contributed by atoms with Gasteiger partial charge in [0.1, 0.15) is 0 Å². The van der Waals surface area contributed by atoms with Crippen molar-refractivity contribution in [2.24, 2.45) is 0 Å². The summed E-state index contributed by atoms with van der Waals surface area (Å²) in [5.74, 6) is 1.63. The van der Waals surface area contributed by atoms with Crippen LogP contribution in [0.3, 0.4) is 0 Å². The minimum Gasteiger partial charge on any atom is -0.493 e. The summed E-state index contributed by atoms with van der Waals surface area (Å²) in [7, 11) is 3.18. The molecule has 0 spiro atoms. The van der Waals surface area contributed by atoms with Crippen molar-refractivity contribution in [1.29, 1.82) is 0 Å². The standard InChI is InChI=1S/C18H20O3/c1-12(2)13-6-5-7-16(19)15(10-13)14-8-9-17(20-3)18(11-14)21-4/h5-12H,1-4H3. The van der Waals surface area contributed by atoms with Crippen molar-refractivity contribution >= 4 is 0 Å². The highest BCUT2D eigenvalue weighted by Gasteiger charge is 2.09. The topological polar surface area (TPSA) is 35.5 Å². The van der Waals surface area contributed by atoms with Crippen LogP contribution in [0, 0.1) is 0 Å². The maximum absolute atomic E-state index is 12.3. The monoisotopic (exact) mass is 284 g/mol. The van der Waals surface area contributed by atoms with E-state index in [1.165, 1.54) is 0 Å². The fraction of sp³-hybridized carbons (Fsp3) is 0.278. The van der Waals surface area contributed by atoms with Gasteiger partial charge in [-0.1, -0.05) is 32.0 Å². The van der Waals surface area contributed by atoms with Gasteiger partial charge in [0, 0.05) is 5.56 Å². The van der Waals surface area contributed by atoms with Gasteiger partial charge in [0.2, 0.25) is 0 Å². The van der Waals surface area contributed by atoms with E-state index in [2.05, 4.69) is 13.8 Å². The molecule has 0 aromatic heterocycles. The molecule has 3 nitrogen and oxygen atoms in total. The molecule has 0 saturated heterocycles. The van der Waals surface area contributed by atoms with Gasteiger partial charge in [-0.25, -0.2) is 0 Å². The van der Waals surface area contributed by atoms with Crippen LogP contribution in [0.25, 0.3) is 11.1 Å². The van der Waals surface area contributed by atoms with E-state index in [4.69, 9.17) is 9.47 Å². The number of rotatable bonds is 4. The maximum Gasteiger partial charge on any atom is 0.186 e. The summed E-state index contributed by atoms with van der Waals surface area (Å²) < 4.78 is 10.5. The quantitative estimate of drug-likeness (QED) is 0.855. The predicted molar refractivity (Wildman–Crippen MR) is 85.3 cm³/mol. The first-order valence-corrected chi connectivity index (χ1v) is 6.93. The van der Waals surface area contributed by atoms with E-state index in [1.807, 2.05) is 36.4 Å². The molecule has 0 aliphatic rings. The third-order valence-electron chi connectivity index (χ3n) is 3.47. The second-order valence-corrected chi connectivity index (χ2v) is 5.17. The van der Waals surface area contributed by atoms with Gasteiger partial charge in [-0.05, 0) is 41.3 Å². The van der Waals surface area contributed by atoms with Crippen LogP contribution in [0.2, 0.25) is 0 Å². The molecular weight excluding hydrogens is 264 g/mol. The van der Waals surface area contributed by atoms with Crippen molar-refractivity contribution in [3.63, 3.8) is 0 Å². The SMILES string of the molecule is COc1ccc(-c2cc(C(C)C)cccc2=O)cc1OC. The summed E-state index contributed by atoms with van der Waals surface area (Å²) in [4.78, 5) is 12.3. The van der Waals surface area contributed by atoms with Gasteiger partial charge in [-0.3, -0.25) is 4.79 Å². The van der Waals surface area contributed by atoms with E-state index in [0.717, 1.165) is 11.1 Å². The van der Waals surface area contributed by atoms with Crippen LogP contribution >= 0.6 is 0 Å². The highest BCUT2D eigenvalue weighted by molar-refractivity contribution is 5.67. The number of ether oxygens (including phenoxy) is 2. The Hall–Kier alpha value is -2.29. The summed E-state index contributed by atoms with van der Waals surface area (Å²) in [6, 6.07) is 12.9. The zero-order chi connectivity index (χ0) is 15.4. The van der Waals surface area contributed by atoms with E-state index in [-0.39, 0.29) is 5.43 Å². The van der Waals surface area contributed by atoms with E-state index in [1.54, 1.807) is 20.3 Å². The Kier molecular flexibility index (Phi) is 4.63.